The van der Waals surface area contributed by atoms with Gasteiger partial charge in [-0.3, -0.25) is 0 Å². The number of aliphatic hydroxyl groups is 1. The number of hydrogen-bond donors (Lipinski definition) is 2. The molecule has 0 aromatic carbocycles. The fraction of sp³-hybridized carbons (Fsp3) is 0.385. The van der Waals surface area contributed by atoms with Gasteiger partial charge in [-0.05, 0) is 25.5 Å². The van der Waals surface area contributed by atoms with Crippen molar-refractivity contribution in [3.63, 3.8) is 0 Å². The number of hydrogen-bond acceptors (Lipinski definition) is 5. The average Bonchev–Trinajstić information content (AvgIpc) is 2.65. The molecule has 0 aliphatic carbocycles. The summed E-state index contributed by atoms with van der Waals surface area (Å²) in [5.41, 5.74) is 8.65. The van der Waals surface area contributed by atoms with Gasteiger partial charge in [-0.1, -0.05) is 0 Å². The first-order chi connectivity index (χ1) is 8.95. The number of nitrogen functional groups attached to an aromatic ring is 1. The summed E-state index contributed by atoms with van der Waals surface area (Å²) in [6.07, 6.45) is 0.759. The predicted molar refractivity (Wildman–Crippen MR) is 71.9 cm³/mol. The van der Waals surface area contributed by atoms with Gasteiger partial charge in [0.1, 0.15) is 11.9 Å². The van der Waals surface area contributed by atoms with E-state index < -0.39 is 6.10 Å². The van der Waals surface area contributed by atoms with Crippen molar-refractivity contribution in [3.05, 3.63) is 34.6 Å². The van der Waals surface area contributed by atoms with Crippen molar-refractivity contribution in [1.82, 2.24) is 14.8 Å². The van der Waals surface area contributed by atoms with Crippen LogP contribution in [0.25, 0.3) is 0 Å². The van der Waals surface area contributed by atoms with Crippen LogP contribution in [0.1, 0.15) is 28.5 Å². The van der Waals surface area contributed by atoms with E-state index in [1.54, 1.807) is 25.0 Å². The zero-order valence-corrected chi connectivity index (χ0v) is 11.5. The molecule has 102 valence electrons. The van der Waals surface area contributed by atoms with Crippen molar-refractivity contribution in [1.29, 1.82) is 0 Å². The van der Waals surface area contributed by atoms with Crippen LogP contribution in [0.5, 0.6) is 5.88 Å². The zero-order valence-electron chi connectivity index (χ0n) is 11.5. The maximum Gasteiger partial charge on any atom is 0.217 e. The number of aryl methyl sites for hydroxylation is 3. The lowest BCUT2D eigenvalue weighted by Gasteiger charge is -2.14. The fourth-order valence-corrected chi connectivity index (χ4v) is 2.19. The van der Waals surface area contributed by atoms with E-state index in [1.165, 1.54) is 0 Å². The standard InChI is InChI=1S/C13H18N4O2/c1-7-5-9(12(14)15-6-7)11(18)10-8(2)16-17(3)13(10)19-4/h5-6,11,18H,1-4H3,(H2,14,15). The Kier molecular flexibility index (Phi) is 3.44. The monoisotopic (exact) mass is 262 g/mol. The first-order valence-corrected chi connectivity index (χ1v) is 5.93. The van der Waals surface area contributed by atoms with E-state index in [-0.39, 0.29) is 0 Å². The second-order valence-electron chi connectivity index (χ2n) is 4.52. The topological polar surface area (TPSA) is 86.2 Å². The Bertz CT molecular complexity index is 607. The number of rotatable bonds is 3. The Labute approximate surface area is 111 Å². The lowest BCUT2D eigenvalue weighted by molar-refractivity contribution is 0.213. The molecule has 0 bridgehead atoms. The van der Waals surface area contributed by atoms with Crippen LogP contribution in [0.15, 0.2) is 12.3 Å². The number of pyridine rings is 1. The van der Waals surface area contributed by atoms with E-state index >= 15 is 0 Å². The Morgan fingerprint density at radius 3 is 2.74 bits per heavy atom. The van der Waals surface area contributed by atoms with Crippen LogP contribution in [0.3, 0.4) is 0 Å². The Morgan fingerprint density at radius 1 is 1.42 bits per heavy atom. The molecule has 1 atom stereocenters. The molecule has 0 amide bonds. The van der Waals surface area contributed by atoms with Gasteiger partial charge < -0.3 is 15.6 Å². The molecular formula is C13H18N4O2. The summed E-state index contributed by atoms with van der Waals surface area (Å²) in [6.45, 7) is 3.72. The Hall–Kier alpha value is -2.08. The number of aliphatic hydroxyl groups excluding tert-OH is 1. The fourth-order valence-electron chi connectivity index (χ4n) is 2.19. The summed E-state index contributed by atoms with van der Waals surface area (Å²) in [5, 5.41) is 14.8. The van der Waals surface area contributed by atoms with Crippen molar-refractivity contribution in [2.24, 2.45) is 7.05 Å². The van der Waals surface area contributed by atoms with Crippen molar-refractivity contribution >= 4 is 5.82 Å². The third kappa shape index (κ3) is 2.26. The largest absolute Gasteiger partial charge is 0.481 e. The minimum absolute atomic E-state index is 0.309. The summed E-state index contributed by atoms with van der Waals surface area (Å²) < 4.78 is 6.88. The first-order valence-electron chi connectivity index (χ1n) is 5.93. The van der Waals surface area contributed by atoms with Crippen LogP contribution in [0.2, 0.25) is 0 Å². The van der Waals surface area contributed by atoms with Gasteiger partial charge in [0.05, 0.1) is 18.4 Å². The predicted octanol–water partition coefficient (Wildman–Crippen LogP) is 1.10. The molecule has 0 saturated carbocycles. The van der Waals surface area contributed by atoms with Gasteiger partial charge in [-0.2, -0.15) is 5.10 Å². The van der Waals surface area contributed by atoms with Crippen LogP contribution in [-0.4, -0.2) is 27.0 Å². The summed E-state index contributed by atoms with van der Waals surface area (Å²) in [4.78, 5) is 4.07. The van der Waals surface area contributed by atoms with Crippen molar-refractivity contribution in [2.75, 3.05) is 12.8 Å². The van der Waals surface area contributed by atoms with Crippen LogP contribution in [-0.2, 0) is 7.05 Å². The molecule has 6 heteroatoms. The molecule has 0 aliphatic rings. The van der Waals surface area contributed by atoms with Gasteiger partial charge in [0.2, 0.25) is 5.88 Å². The van der Waals surface area contributed by atoms with Gasteiger partial charge in [-0.25, -0.2) is 9.67 Å². The Morgan fingerprint density at radius 2 is 2.11 bits per heavy atom. The van der Waals surface area contributed by atoms with E-state index in [0.717, 1.165) is 5.56 Å². The summed E-state index contributed by atoms with van der Waals surface area (Å²) in [7, 11) is 3.31. The van der Waals surface area contributed by atoms with Crippen molar-refractivity contribution in [2.45, 2.75) is 20.0 Å². The molecule has 6 nitrogen and oxygen atoms in total. The smallest absolute Gasteiger partial charge is 0.217 e. The molecule has 2 aromatic heterocycles. The first kappa shape index (κ1) is 13.4. The molecule has 2 heterocycles. The van der Waals surface area contributed by atoms with Crippen molar-refractivity contribution < 1.29 is 9.84 Å². The molecule has 0 saturated heterocycles. The lowest BCUT2D eigenvalue weighted by Crippen LogP contribution is -2.08. The normalized spacial score (nSPS) is 12.5. The lowest BCUT2D eigenvalue weighted by atomic mass is 10.0. The van der Waals surface area contributed by atoms with E-state index in [9.17, 15) is 5.11 Å². The van der Waals surface area contributed by atoms with Crippen LogP contribution in [0, 0.1) is 13.8 Å². The molecule has 1 unspecified atom stereocenters. The van der Waals surface area contributed by atoms with E-state index in [4.69, 9.17) is 10.5 Å². The number of anilines is 1. The highest BCUT2D eigenvalue weighted by atomic mass is 16.5. The quantitative estimate of drug-likeness (QED) is 0.865. The molecule has 0 radical (unpaired) electrons. The second-order valence-corrected chi connectivity index (χ2v) is 4.52. The number of aromatic nitrogens is 3. The van der Waals surface area contributed by atoms with Crippen molar-refractivity contribution in [3.8, 4) is 5.88 Å². The third-order valence-electron chi connectivity index (χ3n) is 3.06. The minimum Gasteiger partial charge on any atom is -0.481 e. The molecule has 2 rings (SSSR count). The number of nitrogens with two attached hydrogens (primary N) is 1. The maximum absolute atomic E-state index is 10.5. The molecule has 2 aromatic rings. The molecular weight excluding hydrogens is 244 g/mol. The van der Waals surface area contributed by atoms with Gasteiger partial charge >= 0.3 is 0 Å². The molecule has 3 N–H and O–H groups in total. The summed E-state index contributed by atoms with van der Waals surface area (Å²) in [5.74, 6) is 0.828. The average molecular weight is 262 g/mol. The van der Waals surface area contributed by atoms with Gasteiger partial charge in [0.15, 0.2) is 0 Å². The highest BCUT2D eigenvalue weighted by molar-refractivity contribution is 5.49. The second kappa shape index (κ2) is 4.89. The number of nitrogens with zero attached hydrogens (tertiary/aromatic N) is 3. The minimum atomic E-state index is -0.906. The summed E-state index contributed by atoms with van der Waals surface area (Å²) in [6, 6.07) is 1.82. The third-order valence-corrected chi connectivity index (χ3v) is 3.06. The van der Waals surface area contributed by atoms with E-state index in [2.05, 4.69) is 10.1 Å². The van der Waals surface area contributed by atoms with Gasteiger partial charge in [-0.15, -0.1) is 0 Å². The molecule has 19 heavy (non-hydrogen) atoms. The SMILES string of the molecule is COc1c(C(O)c2cc(C)cnc2N)c(C)nn1C. The molecule has 0 fully saturated rings. The van der Waals surface area contributed by atoms with E-state index in [1.807, 2.05) is 19.9 Å². The highest BCUT2D eigenvalue weighted by Crippen LogP contribution is 2.34. The zero-order chi connectivity index (χ0) is 14.2. The number of ether oxygens (including phenoxy) is 1. The molecule has 0 aliphatic heterocycles. The number of methoxy groups -OCH3 is 1. The maximum atomic E-state index is 10.5. The summed E-state index contributed by atoms with van der Waals surface area (Å²) >= 11 is 0. The molecule has 0 spiro atoms. The highest BCUT2D eigenvalue weighted by Gasteiger charge is 2.24. The van der Waals surface area contributed by atoms with E-state index in [0.29, 0.717) is 28.5 Å². The Balaban J connectivity index is 2.55. The van der Waals surface area contributed by atoms with Crippen LogP contribution >= 0.6 is 0 Å². The van der Waals surface area contributed by atoms with Crippen LogP contribution in [0.4, 0.5) is 5.82 Å². The van der Waals surface area contributed by atoms with Gasteiger partial charge in [0, 0.05) is 18.8 Å². The van der Waals surface area contributed by atoms with Crippen LogP contribution < -0.4 is 10.5 Å². The van der Waals surface area contributed by atoms with Gasteiger partial charge in [0.25, 0.3) is 0 Å².